The SMILES string of the molecule is COc1ccc(Cn2nc(I)c3cc(-c4ccnc(C)c4)cnc32)cc1. The molecule has 130 valence electrons. The third kappa shape index (κ3) is 3.29. The number of halogens is 1. The molecule has 4 aromatic rings. The first-order valence-corrected chi connectivity index (χ1v) is 9.30. The van der Waals surface area contributed by atoms with Gasteiger partial charge in [0.1, 0.15) is 9.45 Å². The Hall–Kier alpha value is -2.48. The van der Waals surface area contributed by atoms with Crippen molar-refractivity contribution in [2.24, 2.45) is 0 Å². The van der Waals surface area contributed by atoms with E-state index in [4.69, 9.17) is 4.74 Å². The van der Waals surface area contributed by atoms with Crippen molar-refractivity contribution in [1.29, 1.82) is 0 Å². The Morgan fingerprint density at radius 1 is 1.04 bits per heavy atom. The lowest BCUT2D eigenvalue weighted by atomic mass is 10.1. The van der Waals surface area contributed by atoms with Gasteiger partial charge in [0, 0.05) is 23.7 Å². The van der Waals surface area contributed by atoms with Crippen LogP contribution >= 0.6 is 22.6 Å². The molecule has 0 aliphatic rings. The molecular weight excluding hydrogens is 439 g/mol. The quantitative estimate of drug-likeness (QED) is 0.426. The fourth-order valence-electron chi connectivity index (χ4n) is 2.92. The van der Waals surface area contributed by atoms with Crippen LogP contribution in [0.5, 0.6) is 5.75 Å². The molecule has 0 spiro atoms. The van der Waals surface area contributed by atoms with Crippen LogP contribution in [-0.2, 0) is 6.54 Å². The normalized spacial score (nSPS) is 11.0. The second-order valence-corrected chi connectivity index (χ2v) is 7.10. The number of ether oxygens (including phenoxy) is 1. The van der Waals surface area contributed by atoms with E-state index in [1.807, 2.05) is 54.3 Å². The van der Waals surface area contributed by atoms with Crippen LogP contribution in [0.4, 0.5) is 0 Å². The van der Waals surface area contributed by atoms with E-state index in [1.165, 1.54) is 0 Å². The molecule has 6 heteroatoms. The van der Waals surface area contributed by atoms with Gasteiger partial charge in [0.15, 0.2) is 5.65 Å². The Balaban J connectivity index is 1.71. The molecule has 4 rings (SSSR count). The van der Waals surface area contributed by atoms with E-state index in [9.17, 15) is 0 Å². The first-order valence-electron chi connectivity index (χ1n) is 8.22. The zero-order valence-corrected chi connectivity index (χ0v) is 16.6. The molecular formula is C20H17IN4O. The Morgan fingerprint density at radius 3 is 2.58 bits per heavy atom. The minimum Gasteiger partial charge on any atom is -0.497 e. The second kappa shape index (κ2) is 7.03. The molecule has 0 aliphatic carbocycles. The molecule has 0 atom stereocenters. The minimum atomic E-state index is 0.671. The predicted molar refractivity (Wildman–Crippen MR) is 110 cm³/mol. The van der Waals surface area contributed by atoms with Gasteiger partial charge in [-0.05, 0) is 71.0 Å². The molecule has 0 saturated carbocycles. The number of nitrogens with zero attached hydrogens (tertiary/aromatic N) is 4. The number of rotatable bonds is 4. The maximum absolute atomic E-state index is 5.22. The van der Waals surface area contributed by atoms with Gasteiger partial charge in [-0.15, -0.1) is 0 Å². The van der Waals surface area contributed by atoms with Crippen molar-refractivity contribution in [1.82, 2.24) is 19.7 Å². The number of benzene rings is 1. The highest BCUT2D eigenvalue weighted by Gasteiger charge is 2.12. The van der Waals surface area contributed by atoms with Gasteiger partial charge in [-0.3, -0.25) is 4.98 Å². The number of hydrogen-bond donors (Lipinski definition) is 0. The summed E-state index contributed by atoms with van der Waals surface area (Å²) in [4.78, 5) is 8.95. The smallest absolute Gasteiger partial charge is 0.159 e. The van der Waals surface area contributed by atoms with Crippen molar-refractivity contribution >= 4 is 33.6 Å². The fraction of sp³-hybridized carbons (Fsp3) is 0.150. The van der Waals surface area contributed by atoms with Gasteiger partial charge in [0.05, 0.1) is 19.0 Å². The molecule has 0 saturated heterocycles. The van der Waals surface area contributed by atoms with Crippen LogP contribution in [0.25, 0.3) is 22.2 Å². The van der Waals surface area contributed by atoms with Gasteiger partial charge in [-0.25, -0.2) is 9.67 Å². The van der Waals surface area contributed by atoms with Crippen LogP contribution < -0.4 is 4.74 Å². The van der Waals surface area contributed by atoms with E-state index in [2.05, 4.69) is 49.8 Å². The van der Waals surface area contributed by atoms with E-state index in [0.717, 1.165) is 42.9 Å². The highest BCUT2D eigenvalue weighted by molar-refractivity contribution is 14.1. The Morgan fingerprint density at radius 2 is 1.85 bits per heavy atom. The number of pyridine rings is 2. The summed E-state index contributed by atoms with van der Waals surface area (Å²) in [6.45, 7) is 2.66. The maximum atomic E-state index is 5.22. The van der Waals surface area contributed by atoms with Crippen LogP contribution in [-0.4, -0.2) is 26.9 Å². The zero-order chi connectivity index (χ0) is 18.1. The van der Waals surface area contributed by atoms with Crippen molar-refractivity contribution in [3.05, 3.63) is 69.8 Å². The lowest BCUT2D eigenvalue weighted by Gasteiger charge is -2.06. The molecule has 26 heavy (non-hydrogen) atoms. The van der Waals surface area contributed by atoms with Crippen LogP contribution in [0.1, 0.15) is 11.3 Å². The van der Waals surface area contributed by atoms with Crippen LogP contribution in [0.2, 0.25) is 0 Å². The molecule has 1 aromatic carbocycles. The fourth-order valence-corrected chi connectivity index (χ4v) is 3.58. The molecule has 0 aliphatic heterocycles. The summed E-state index contributed by atoms with van der Waals surface area (Å²) in [7, 11) is 1.67. The number of aryl methyl sites for hydroxylation is 1. The summed E-state index contributed by atoms with van der Waals surface area (Å²) < 4.78 is 8.11. The number of fused-ring (bicyclic) bond motifs is 1. The van der Waals surface area contributed by atoms with E-state index < -0.39 is 0 Å². The highest BCUT2D eigenvalue weighted by atomic mass is 127. The van der Waals surface area contributed by atoms with Crippen molar-refractivity contribution in [2.75, 3.05) is 7.11 Å². The Bertz CT molecular complexity index is 1070. The molecule has 0 unspecified atom stereocenters. The number of methoxy groups -OCH3 is 1. The first-order chi connectivity index (χ1) is 12.6. The van der Waals surface area contributed by atoms with Gasteiger partial charge in [-0.1, -0.05) is 12.1 Å². The van der Waals surface area contributed by atoms with Gasteiger partial charge >= 0.3 is 0 Å². The van der Waals surface area contributed by atoms with Gasteiger partial charge in [0.2, 0.25) is 0 Å². The minimum absolute atomic E-state index is 0.671. The summed E-state index contributed by atoms with van der Waals surface area (Å²) in [5.74, 6) is 0.851. The summed E-state index contributed by atoms with van der Waals surface area (Å²) in [5, 5.41) is 5.74. The summed E-state index contributed by atoms with van der Waals surface area (Å²) in [5.41, 5.74) is 5.23. The number of hydrogen-bond acceptors (Lipinski definition) is 4. The lowest BCUT2D eigenvalue weighted by Crippen LogP contribution is -2.02. The summed E-state index contributed by atoms with van der Waals surface area (Å²) >= 11 is 2.27. The van der Waals surface area contributed by atoms with Gasteiger partial charge < -0.3 is 4.74 Å². The topological polar surface area (TPSA) is 52.8 Å². The first kappa shape index (κ1) is 17.0. The summed E-state index contributed by atoms with van der Waals surface area (Å²) in [6, 6.07) is 14.2. The van der Waals surface area contributed by atoms with Gasteiger partial charge in [0.25, 0.3) is 0 Å². The average molecular weight is 456 g/mol. The van der Waals surface area contributed by atoms with Crippen molar-refractivity contribution < 1.29 is 4.74 Å². The molecule has 0 radical (unpaired) electrons. The van der Waals surface area contributed by atoms with Crippen LogP contribution in [0, 0.1) is 10.6 Å². The molecule has 0 fully saturated rings. The largest absolute Gasteiger partial charge is 0.497 e. The maximum Gasteiger partial charge on any atom is 0.159 e. The molecule has 3 heterocycles. The standard InChI is InChI=1S/C20H17IN4O/c1-13-9-15(7-8-22-13)16-10-18-19(21)24-25(20(18)23-11-16)12-14-3-5-17(26-2)6-4-14/h3-11H,12H2,1-2H3. The van der Waals surface area contributed by atoms with E-state index in [1.54, 1.807) is 7.11 Å². The number of aromatic nitrogens is 4. The van der Waals surface area contributed by atoms with Crippen LogP contribution in [0.3, 0.4) is 0 Å². The van der Waals surface area contributed by atoms with Gasteiger partial charge in [-0.2, -0.15) is 5.10 Å². The average Bonchev–Trinajstić information content (AvgIpc) is 2.97. The van der Waals surface area contributed by atoms with Crippen molar-refractivity contribution in [2.45, 2.75) is 13.5 Å². The third-order valence-electron chi connectivity index (χ3n) is 4.26. The molecule has 0 amide bonds. The predicted octanol–water partition coefficient (Wildman–Crippen LogP) is 4.46. The Kier molecular flexibility index (Phi) is 4.58. The molecule has 5 nitrogen and oxygen atoms in total. The van der Waals surface area contributed by atoms with E-state index >= 15 is 0 Å². The van der Waals surface area contributed by atoms with E-state index in [-0.39, 0.29) is 0 Å². The zero-order valence-electron chi connectivity index (χ0n) is 14.5. The molecule has 0 bridgehead atoms. The molecule has 0 N–H and O–H groups in total. The highest BCUT2D eigenvalue weighted by Crippen LogP contribution is 2.26. The monoisotopic (exact) mass is 456 g/mol. The second-order valence-electron chi connectivity index (χ2n) is 6.08. The van der Waals surface area contributed by atoms with Crippen LogP contribution in [0.15, 0.2) is 54.9 Å². The Labute approximate surface area is 165 Å². The third-order valence-corrected chi connectivity index (χ3v) is 5.06. The lowest BCUT2D eigenvalue weighted by molar-refractivity contribution is 0.414. The van der Waals surface area contributed by atoms with Crippen molar-refractivity contribution in [3.8, 4) is 16.9 Å². The van der Waals surface area contributed by atoms with Crippen molar-refractivity contribution in [3.63, 3.8) is 0 Å². The summed E-state index contributed by atoms with van der Waals surface area (Å²) in [6.07, 6.45) is 3.73. The molecule has 3 aromatic heterocycles. The van der Waals surface area contributed by atoms with E-state index in [0.29, 0.717) is 6.54 Å².